The van der Waals surface area contributed by atoms with Crippen molar-refractivity contribution < 1.29 is 67.0 Å². The van der Waals surface area contributed by atoms with Crippen LogP contribution in [0.1, 0.15) is 16.7 Å². The Bertz CT molecular complexity index is 845. The Morgan fingerprint density at radius 3 is 1.57 bits per heavy atom. The van der Waals surface area contributed by atoms with Gasteiger partial charge in [-0.25, -0.2) is 4.39 Å². The predicted molar refractivity (Wildman–Crippen MR) is 73.0 cm³/mol. The van der Waals surface area contributed by atoms with Crippen molar-refractivity contribution in [1.82, 2.24) is 0 Å². The molecule has 170 valence electrons. The first kappa shape index (κ1) is 25.8. The van der Waals surface area contributed by atoms with Crippen molar-refractivity contribution in [2.24, 2.45) is 0 Å². The van der Waals surface area contributed by atoms with Gasteiger partial charge in [0.1, 0.15) is 5.76 Å². The monoisotopic (exact) mass is 486 g/mol. The smallest absolute Gasteiger partial charge is 0.439 e. The molecule has 0 heterocycles. The Labute approximate surface area is 161 Å². The summed E-state index contributed by atoms with van der Waals surface area (Å²) in [6.45, 7) is 0. The second kappa shape index (κ2) is 7.50. The second-order valence-electron chi connectivity index (χ2n) is 5.43. The molecule has 1 aromatic rings. The highest BCUT2D eigenvalue weighted by atomic mass is 35.5. The number of ketones is 1. The Balaban J connectivity index is 3.76. The van der Waals surface area contributed by atoms with Crippen molar-refractivity contribution in [2.75, 3.05) is 0 Å². The van der Waals surface area contributed by atoms with E-state index < -0.39 is 81.8 Å². The molecule has 0 amide bonds. The molecule has 0 aliphatic heterocycles. The van der Waals surface area contributed by atoms with E-state index in [4.69, 9.17) is 11.6 Å². The summed E-state index contributed by atoms with van der Waals surface area (Å²) in [6, 6.07) is -0.955. The van der Waals surface area contributed by atoms with E-state index in [2.05, 4.69) is 0 Å². The maximum atomic E-state index is 13.6. The zero-order valence-corrected chi connectivity index (χ0v) is 14.1. The molecule has 30 heavy (non-hydrogen) atoms. The van der Waals surface area contributed by atoms with Gasteiger partial charge in [0.2, 0.25) is 5.78 Å². The van der Waals surface area contributed by atoms with Crippen LogP contribution in [0.2, 0.25) is 5.02 Å². The van der Waals surface area contributed by atoms with Gasteiger partial charge in [0.25, 0.3) is 0 Å². The lowest BCUT2D eigenvalue weighted by Crippen LogP contribution is -2.58. The number of rotatable bonds is 3. The quantitative estimate of drug-likeness (QED) is 0.294. The van der Waals surface area contributed by atoms with Gasteiger partial charge in [-0.05, 0) is 12.1 Å². The van der Waals surface area contributed by atoms with Crippen LogP contribution in [0.4, 0.5) is 57.1 Å². The van der Waals surface area contributed by atoms with Crippen LogP contribution >= 0.6 is 11.6 Å². The third-order valence-corrected chi connectivity index (χ3v) is 3.78. The largest absolute Gasteiger partial charge is 0.507 e. The number of aliphatic hydroxyl groups is 1. The molecule has 1 aromatic carbocycles. The van der Waals surface area contributed by atoms with Crippen LogP contribution in [0.3, 0.4) is 0 Å². The Kier molecular flexibility index (Phi) is 6.46. The van der Waals surface area contributed by atoms with Gasteiger partial charge in [0.15, 0.2) is 0 Å². The number of hydrogen-bond donors (Lipinski definition) is 1. The van der Waals surface area contributed by atoms with Crippen molar-refractivity contribution in [2.45, 2.75) is 30.4 Å². The number of benzene rings is 1. The van der Waals surface area contributed by atoms with E-state index in [-0.39, 0.29) is 0 Å². The molecule has 2 nitrogen and oxygen atoms in total. The molecule has 1 rings (SSSR count). The molecular formula is C14H4ClF13O2. The van der Waals surface area contributed by atoms with Crippen LogP contribution in [0.15, 0.2) is 18.2 Å². The Hall–Kier alpha value is -2.19. The first-order valence-electron chi connectivity index (χ1n) is 6.81. The summed E-state index contributed by atoms with van der Waals surface area (Å²) in [5, 5.41) is 7.66. The van der Waals surface area contributed by atoms with Gasteiger partial charge < -0.3 is 5.11 Å². The van der Waals surface area contributed by atoms with Crippen molar-refractivity contribution >= 4 is 23.1 Å². The highest BCUT2D eigenvalue weighted by Crippen LogP contribution is 2.48. The molecular weight excluding hydrogens is 483 g/mol. The van der Waals surface area contributed by atoms with Crippen LogP contribution in [-0.2, 0) is 17.1 Å². The summed E-state index contributed by atoms with van der Waals surface area (Å²) in [5.74, 6) is -5.88. The van der Waals surface area contributed by atoms with E-state index in [1.807, 2.05) is 0 Å². The summed E-state index contributed by atoms with van der Waals surface area (Å²) in [7, 11) is 0. The highest BCUT2D eigenvalue weighted by Gasteiger charge is 2.76. The van der Waals surface area contributed by atoms with Crippen LogP contribution < -0.4 is 0 Å². The maximum Gasteiger partial charge on any atom is 0.439 e. The maximum absolute atomic E-state index is 13.6. The molecule has 1 N–H and O–H groups in total. The molecule has 0 saturated carbocycles. The SMILES string of the molecule is O=C(/C=C(\O)c1cc(C(F)(F)F)cc(C(F)(F)F)c1Cl)C(F)(C(F)(F)F)C(F)(F)F. The summed E-state index contributed by atoms with van der Waals surface area (Å²) in [5.41, 5.74) is -12.9. The zero-order chi connectivity index (χ0) is 24.1. The predicted octanol–water partition coefficient (Wildman–Crippen LogP) is 6.68. The number of hydrogen-bond acceptors (Lipinski definition) is 2. The standard InChI is InChI=1S/C14H4ClF13O2/c15-9-5(1-4(11(17,18)19)2-6(9)12(20,21)22)7(29)3-8(30)10(16,13(23,24)25)14(26,27)28/h1-3,29H/b7-3-. The van der Waals surface area contributed by atoms with Crippen LogP contribution in [-0.4, -0.2) is 28.9 Å². The molecule has 0 spiro atoms. The minimum absolute atomic E-state index is 0.391. The first-order valence-corrected chi connectivity index (χ1v) is 7.18. The number of carbonyl (C=O) groups excluding carboxylic acids is 1. The average molecular weight is 487 g/mol. The van der Waals surface area contributed by atoms with E-state index in [9.17, 15) is 67.0 Å². The third kappa shape index (κ3) is 4.75. The van der Waals surface area contributed by atoms with Gasteiger partial charge in [-0.3, -0.25) is 4.79 Å². The molecule has 0 saturated heterocycles. The molecule has 0 aromatic heterocycles. The van der Waals surface area contributed by atoms with E-state index in [0.29, 0.717) is 0 Å². The fraction of sp³-hybridized carbons (Fsp3) is 0.357. The lowest BCUT2D eigenvalue weighted by atomic mass is 9.96. The van der Waals surface area contributed by atoms with Crippen molar-refractivity contribution in [1.29, 1.82) is 0 Å². The van der Waals surface area contributed by atoms with E-state index in [1.165, 1.54) is 0 Å². The summed E-state index contributed by atoms with van der Waals surface area (Å²) < 4.78 is 165. The van der Waals surface area contributed by atoms with Crippen LogP contribution in [0.5, 0.6) is 0 Å². The zero-order valence-electron chi connectivity index (χ0n) is 13.4. The van der Waals surface area contributed by atoms with Crippen molar-refractivity contribution in [3.8, 4) is 0 Å². The molecule has 0 fully saturated rings. The van der Waals surface area contributed by atoms with Gasteiger partial charge in [0, 0.05) is 11.6 Å². The minimum Gasteiger partial charge on any atom is -0.507 e. The Morgan fingerprint density at radius 1 is 0.800 bits per heavy atom. The average Bonchev–Trinajstić information content (AvgIpc) is 2.49. The van der Waals surface area contributed by atoms with E-state index >= 15 is 0 Å². The van der Waals surface area contributed by atoms with E-state index in [1.54, 1.807) is 0 Å². The van der Waals surface area contributed by atoms with Gasteiger partial charge in [-0.2, -0.15) is 52.7 Å². The normalized spacial score (nSPS) is 14.8. The number of halogens is 14. The number of alkyl halides is 13. The molecule has 0 aliphatic rings. The molecule has 0 radical (unpaired) electrons. The molecule has 0 unspecified atom stereocenters. The van der Waals surface area contributed by atoms with Gasteiger partial charge in [-0.15, -0.1) is 0 Å². The molecule has 0 aliphatic carbocycles. The van der Waals surface area contributed by atoms with Crippen LogP contribution in [0, 0.1) is 0 Å². The lowest BCUT2D eigenvalue weighted by Gasteiger charge is -2.27. The lowest BCUT2D eigenvalue weighted by molar-refractivity contribution is -0.323. The second-order valence-corrected chi connectivity index (χ2v) is 5.81. The van der Waals surface area contributed by atoms with Gasteiger partial charge in [0.05, 0.1) is 16.1 Å². The van der Waals surface area contributed by atoms with Gasteiger partial charge in [-0.1, -0.05) is 11.6 Å². The third-order valence-electron chi connectivity index (χ3n) is 3.37. The summed E-state index contributed by atoms with van der Waals surface area (Å²) >= 11 is 5.15. The topological polar surface area (TPSA) is 37.3 Å². The summed E-state index contributed by atoms with van der Waals surface area (Å²) in [6.07, 6.45) is -26.2. The molecule has 16 heteroatoms. The van der Waals surface area contributed by atoms with Crippen molar-refractivity contribution in [3.05, 3.63) is 39.9 Å². The van der Waals surface area contributed by atoms with Gasteiger partial charge >= 0.3 is 30.4 Å². The van der Waals surface area contributed by atoms with Crippen LogP contribution in [0.25, 0.3) is 5.76 Å². The summed E-state index contributed by atoms with van der Waals surface area (Å²) in [4.78, 5) is 11.3. The number of carbonyl (C=O) groups is 1. The fourth-order valence-corrected chi connectivity index (χ4v) is 2.24. The number of aliphatic hydroxyl groups excluding tert-OH is 1. The van der Waals surface area contributed by atoms with Crippen molar-refractivity contribution in [3.63, 3.8) is 0 Å². The highest BCUT2D eigenvalue weighted by molar-refractivity contribution is 6.33. The fourth-order valence-electron chi connectivity index (χ4n) is 1.92. The number of allylic oxidation sites excluding steroid dienone is 1. The first-order chi connectivity index (χ1) is 13.0. The Morgan fingerprint density at radius 2 is 1.23 bits per heavy atom. The minimum atomic E-state index is -6.94. The van der Waals surface area contributed by atoms with E-state index in [0.717, 1.165) is 0 Å². The molecule has 0 bridgehead atoms. The molecule has 0 atom stereocenters.